The zero-order chi connectivity index (χ0) is 18.9. The molecule has 1 aliphatic rings. The van der Waals surface area contributed by atoms with Gasteiger partial charge in [-0.2, -0.15) is 13.1 Å². The molecule has 2 aromatic rings. The third-order valence-corrected chi connectivity index (χ3v) is 5.05. The van der Waals surface area contributed by atoms with Gasteiger partial charge in [0.05, 0.1) is 10.0 Å². The molecule has 0 saturated heterocycles. The molecule has 140 valence electrons. The summed E-state index contributed by atoms with van der Waals surface area (Å²) in [5.41, 5.74) is -0.120. The summed E-state index contributed by atoms with van der Waals surface area (Å²) in [6, 6.07) is 4.18. The van der Waals surface area contributed by atoms with Crippen molar-refractivity contribution in [3.8, 4) is 0 Å². The largest absolute Gasteiger partial charge is 0.363 e. The maximum absolute atomic E-state index is 13.3. The summed E-state index contributed by atoms with van der Waals surface area (Å²) in [4.78, 5) is 0. The number of amidine groups is 1. The van der Waals surface area contributed by atoms with Crippen molar-refractivity contribution in [1.82, 2.24) is 15.0 Å². The molecule has 1 aromatic carbocycles. The standard InChI is InChI=1S/C13H15BrFN7O3S/c14-8-5-7(1-2-9(8)15)19-11(16)10-12(21-25-20-10)18-6-13(3-4-13)22-26(17,23)24/h1-2,5,22H,3-4,6H2,(H2,16,19)(H,18,21)(H2,17,23,24). The van der Waals surface area contributed by atoms with Gasteiger partial charge in [0.25, 0.3) is 10.2 Å². The summed E-state index contributed by atoms with van der Waals surface area (Å²) in [5, 5.41) is 26.1. The lowest BCUT2D eigenvalue weighted by Gasteiger charge is -2.16. The van der Waals surface area contributed by atoms with Crippen molar-refractivity contribution < 1.29 is 17.4 Å². The molecule has 10 nitrogen and oxygen atoms in total. The number of nitrogens with two attached hydrogens (primary N) is 1. The Labute approximate surface area is 156 Å². The number of anilines is 2. The molecular formula is C13H15BrFN7O3S. The predicted octanol–water partition coefficient (Wildman–Crippen LogP) is 1.15. The smallest absolute Gasteiger partial charge is 0.274 e. The SMILES string of the molecule is N=C(Nc1ccc(F)c(Br)c1)c1nonc1NCC1(NS(N)(=O)=O)CC1. The summed E-state index contributed by atoms with van der Waals surface area (Å²) >= 11 is 3.07. The number of aromatic nitrogens is 2. The van der Waals surface area contributed by atoms with Gasteiger partial charge in [0.2, 0.25) is 5.82 Å². The Kier molecular flexibility index (Phi) is 4.96. The van der Waals surface area contributed by atoms with Crippen molar-refractivity contribution in [2.45, 2.75) is 18.4 Å². The van der Waals surface area contributed by atoms with Gasteiger partial charge in [-0.3, -0.25) is 5.41 Å². The van der Waals surface area contributed by atoms with E-state index in [1.807, 2.05) is 0 Å². The Balaban J connectivity index is 1.66. The molecule has 1 saturated carbocycles. The molecule has 1 aliphatic carbocycles. The third kappa shape index (κ3) is 4.55. The Morgan fingerprint density at radius 1 is 1.42 bits per heavy atom. The van der Waals surface area contributed by atoms with Gasteiger partial charge >= 0.3 is 0 Å². The van der Waals surface area contributed by atoms with Crippen LogP contribution in [0.3, 0.4) is 0 Å². The van der Waals surface area contributed by atoms with Gasteiger partial charge in [-0.05, 0) is 57.3 Å². The van der Waals surface area contributed by atoms with E-state index in [4.69, 9.17) is 10.5 Å². The van der Waals surface area contributed by atoms with Gasteiger partial charge in [-0.15, -0.1) is 0 Å². The number of hydrogen-bond donors (Lipinski definition) is 5. The first-order valence-electron chi connectivity index (χ1n) is 7.37. The van der Waals surface area contributed by atoms with Crippen LogP contribution in [0.5, 0.6) is 0 Å². The van der Waals surface area contributed by atoms with E-state index in [0.717, 1.165) is 0 Å². The monoisotopic (exact) mass is 447 g/mol. The van der Waals surface area contributed by atoms with Crippen molar-refractivity contribution >= 4 is 43.5 Å². The molecule has 0 spiro atoms. The van der Waals surface area contributed by atoms with Crippen molar-refractivity contribution in [3.05, 3.63) is 34.2 Å². The van der Waals surface area contributed by atoms with Crippen LogP contribution in [0, 0.1) is 11.2 Å². The molecule has 0 unspecified atom stereocenters. The number of hydrogen-bond acceptors (Lipinski definition) is 7. The molecule has 0 amide bonds. The second-order valence-corrected chi connectivity index (χ2v) is 8.02. The van der Waals surface area contributed by atoms with E-state index in [1.165, 1.54) is 18.2 Å². The lowest BCUT2D eigenvalue weighted by molar-refractivity contribution is 0.307. The highest BCUT2D eigenvalue weighted by molar-refractivity contribution is 9.10. The van der Waals surface area contributed by atoms with Crippen LogP contribution in [-0.4, -0.2) is 36.7 Å². The van der Waals surface area contributed by atoms with Crippen molar-refractivity contribution in [1.29, 1.82) is 5.41 Å². The van der Waals surface area contributed by atoms with E-state index in [2.05, 4.69) is 46.2 Å². The highest BCUT2D eigenvalue weighted by Crippen LogP contribution is 2.36. The fourth-order valence-electron chi connectivity index (χ4n) is 2.27. The summed E-state index contributed by atoms with van der Waals surface area (Å²) in [5.74, 6) is -0.382. The molecule has 13 heteroatoms. The Morgan fingerprint density at radius 2 is 2.15 bits per heavy atom. The normalized spacial score (nSPS) is 15.5. The summed E-state index contributed by atoms with van der Waals surface area (Å²) in [6.07, 6.45) is 1.24. The zero-order valence-electron chi connectivity index (χ0n) is 13.2. The number of nitrogens with zero attached hydrogens (tertiary/aromatic N) is 2. The molecule has 0 aliphatic heterocycles. The van der Waals surface area contributed by atoms with Crippen LogP contribution in [0.1, 0.15) is 18.5 Å². The van der Waals surface area contributed by atoms with Crippen LogP contribution in [0.2, 0.25) is 0 Å². The zero-order valence-corrected chi connectivity index (χ0v) is 15.6. The number of benzene rings is 1. The Bertz CT molecular complexity index is 945. The van der Waals surface area contributed by atoms with Crippen LogP contribution in [-0.2, 0) is 10.2 Å². The second-order valence-electron chi connectivity index (χ2n) is 5.87. The minimum atomic E-state index is -3.82. The van der Waals surface area contributed by atoms with Crippen LogP contribution < -0.4 is 20.5 Å². The topological polar surface area (TPSA) is 159 Å². The molecule has 0 bridgehead atoms. The molecule has 6 N–H and O–H groups in total. The maximum Gasteiger partial charge on any atom is 0.274 e. The number of nitrogens with one attached hydrogen (secondary N) is 4. The lowest BCUT2D eigenvalue weighted by Crippen LogP contribution is -2.45. The van der Waals surface area contributed by atoms with Crippen molar-refractivity contribution in [2.75, 3.05) is 17.2 Å². The van der Waals surface area contributed by atoms with E-state index in [1.54, 1.807) is 0 Å². The number of rotatable bonds is 7. The van der Waals surface area contributed by atoms with E-state index >= 15 is 0 Å². The first-order chi connectivity index (χ1) is 12.2. The number of halogens is 2. The summed E-state index contributed by atoms with van der Waals surface area (Å²) in [7, 11) is -3.82. The Morgan fingerprint density at radius 3 is 2.77 bits per heavy atom. The van der Waals surface area contributed by atoms with E-state index in [-0.39, 0.29) is 28.4 Å². The summed E-state index contributed by atoms with van der Waals surface area (Å²) in [6.45, 7) is 0.208. The van der Waals surface area contributed by atoms with E-state index in [9.17, 15) is 12.8 Å². The molecule has 1 fully saturated rings. The second kappa shape index (κ2) is 6.90. The van der Waals surface area contributed by atoms with Gasteiger partial charge in [0.1, 0.15) is 5.82 Å². The van der Waals surface area contributed by atoms with Crippen LogP contribution in [0.25, 0.3) is 0 Å². The highest BCUT2D eigenvalue weighted by Gasteiger charge is 2.45. The quantitative estimate of drug-likeness (QED) is 0.314. The fourth-order valence-corrected chi connectivity index (χ4v) is 3.53. The summed E-state index contributed by atoms with van der Waals surface area (Å²) < 4.78 is 42.9. The molecule has 0 atom stereocenters. The molecule has 1 aromatic heterocycles. The van der Waals surface area contributed by atoms with Crippen LogP contribution in [0.4, 0.5) is 15.9 Å². The van der Waals surface area contributed by atoms with Gasteiger partial charge in [0.15, 0.2) is 11.5 Å². The van der Waals surface area contributed by atoms with E-state index in [0.29, 0.717) is 18.5 Å². The minimum Gasteiger partial charge on any atom is -0.363 e. The predicted molar refractivity (Wildman–Crippen MR) is 95.5 cm³/mol. The average molecular weight is 448 g/mol. The van der Waals surface area contributed by atoms with Crippen LogP contribution >= 0.6 is 15.9 Å². The molecule has 3 rings (SSSR count). The molecular weight excluding hydrogens is 433 g/mol. The first kappa shape index (κ1) is 18.7. The van der Waals surface area contributed by atoms with Gasteiger partial charge in [0, 0.05) is 12.2 Å². The average Bonchev–Trinajstić information content (AvgIpc) is 3.11. The molecule has 1 heterocycles. The Hall–Kier alpha value is -2.09. The van der Waals surface area contributed by atoms with Crippen LogP contribution in [0.15, 0.2) is 27.3 Å². The third-order valence-electron chi connectivity index (χ3n) is 3.72. The first-order valence-corrected chi connectivity index (χ1v) is 9.71. The fraction of sp³-hybridized carbons (Fsp3) is 0.308. The minimum absolute atomic E-state index is 0.0943. The van der Waals surface area contributed by atoms with Crippen molar-refractivity contribution in [3.63, 3.8) is 0 Å². The molecule has 26 heavy (non-hydrogen) atoms. The maximum atomic E-state index is 13.3. The molecule has 0 radical (unpaired) electrons. The van der Waals surface area contributed by atoms with E-state index < -0.39 is 21.6 Å². The highest BCUT2D eigenvalue weighted by atomic mass is 79.9. The van der Waals surface area contributed by atoms with Crippen molar-refractivity contribution in [2.24, 2.45) is 5.14 Å². The van der Waals surface area contributed by atoms with Gasteiger partial charge < -0.3 is 10.6 Å². The lowest BCUT2D eigenvalue weighted by atomic mass is 10.2. The van der Waals surface area contributed by atoms with Gasteiger partial charge in [-0.1, -0.05) is 0 Å². The van der Waals surface area contributed by atoms with Gasteiger partial charge in [-0.25, -0.2) is 14.2 Å².